The maximum atomic E-state index is 6.21. The van der Waals surface area contributed by atoms with Crippen molar-refractivity contribution < 1.29 is 9.31 Å². The molecule has 1 aliphatic carbocycles. The van der Waals surface area contributed by atoms with E-state index in [1.54, 1.807) is 0 Å². The van der Waals surface area contributed by atoms with E-state index in [4.69, 9.17) is 9.31 Å². The lowest BCUT2D eigenvalue weighted by Gasteiger charge is -2.42. The second-order valence-corrected chi connectivity index (χ2v) is 12.2. The van der Waals surface area contributed by atoms with Gasteiger partial charge in [0.05, 0.1) is 11.2 Å². The largest absolute Gasteiger partial charge is 0.494 e. The molecule has 0 unspecified atom stereocenters. The van der Waals surface area contributed by atoms with Gasteiger partial charge in [0.1, 0.15) is 0 Å². The number of rotatable bonds is 3. The highest BCUT2D eigenvalue weighted by Gasteiger charge is 2.51. The minimum atomic E-state index is -0.337. The standard InChI is InChI=1S/C29H39BO2.C2H6/c1-19-17-24-25(27(5,6)16-15-26(24,3)4)18-23(19)20(2)21-11-13-22(14-12-21)30-31-28(7,8)29(9,10)32-30;1-2/h11-14,17-18H,2,15-16H2,1,3-10H3;1-2H3. The average Bonchev–Trinajstić information content (AvgIpc) is 2.99. The fourth-order valence-electron chi connectivity index (χ4n) is 5.02. The van der Waals surface area contributed by atoms with Crippen LogP contribution >= 0.6 is 0 Å². The quantitative estimate of drug-likeness (QED) is 0.436. The van der Waals surface area contributed by atoms with Gasteiger partial charge in [0.15, 0.2) is 0 Å². The monoisotopic (exact) mass is 460 g/mol. The summed E-state index contributed by atoms with van der Waals surface area (Å²) in [5.41, 5.74) is 8.53. The molecule has 1 fully saturated rings. The van der Waals surface area contributed by atoms with Crippen molar-refractivity contribution in [2.75, 3.05) is 0 Å². The molecule has 184 valence electrons. The van der Waals surface area contributed by atoms with Crippen LogP contribution in [0.3, 0.4) is 0 Å². The fraction of sp³-hybridized carbons (Fsp3) is 0.548. The Bertz CT molecular complexity index is 1040. The predicted molar refractivity (Wildman–Crippen MR) is 148 cm³/mol. The highest BCUT2D eigenvalue weighted by atomic mass is 16.7. The molecule has 0 amide bonds. The average molecular weight is 461 g/mol. The molecule has 0 radical (unpaired) electrons. The molecule has 2 aromatic rings. The third-order valence-corrected chi connectivity index (χ3v) is 8.31. The summed E-state index contributed by atoms with van der Waals surface area (Å²) in [5.74, 6) is 0. The Balaban J connectivity index is 0.00000158. The Morgan fingerprint density at radius 2 is 1.21 bits per heavy atom. The van der Waals surface area contributed by atoms with E-state index < -0.39 is 0 Å². The van der Waals surface area contributed by atoms with Crippen LogP contribution in [-0.4, -0.2) is 18.3 Å². The molecule has 1 heterocycles. The molecule has 0 atom stereocenters. The smallest absolute Gasteiger partial charge is 0.399 e. The van der Waals surface area contributed by atoms with E-state index in [1.807, 2.05) is 13.8 Å². The van der Waals surface area contributed by atoms with E-state index in [9.17, 15) is 0 Å². The SMILES string of the molecule is C=C(c1ccc(B2OC(C)(C)C(C)(C)O2)cc1)c1cc2c(cc1C)C(C)(C)CCC2(C)C.CC. The highest BCUT2D eigenvalue weighted by molar-refractivity contribution is 6.62. The summed E-state index contributed by atoms with van der Waals surface area (Å²) in [6.07, 6.45) is 2.44. The van der Waals surface area contributed by atoms with E-state index in [-0.39, 0.29) is 29.2 Å². The second-order valence-electron chi connectivity index (χ2n) is 12.2. The van der Waals surface area contributed by atoms with Crippen LogP contribution in [0.1, 0.15) is 110 Å². The lowest BCUT2D eigenvalue weighted by molar-refractivity contribution is 0.00578. The molecule has 1 saturated heterocycles. The third-order valence-electron chi connectivity index (χ3n) is 8.31. The minimum absolute atomic E-state index is 0.189. The fourth-order valence-corrected chi connectivity index (χ4v) is 5.02. The molecule has 2 aliphatic rings. The summed E-state index contributed by atoms with van der Waals surface area (Å²) in [5, 5.41) is 0. The topological polar surface area (TPSA) is 18.5 Å². The number of aryl methyl sites for hydroxylation is 1. The van der Waals surface area contributed by atoms with Crippen molar-refractivity contribution >= 4 is 18.2 Å². The van der Waals surface area contributed by atoms with Crippen LogP contribution in [0.2, 0.25) is 0 Å². The summed E-state index contributed by atoms with van der Waals surface area (Å²) >= 11 is 0. The molecule has 0 spiro atoms. The van der Waals surface area contributed by atoms with Gasteiger partial charge in [-0.2, -0.15) is 0 Å². The molecule has 0 N–H and O–H groups in total. The Labute approximate surface area is 209 Å². The van der Waals surface area contributed by atoms with Gasteiger partial charge in [0.25, 0.3) is 0 Å². The minimum Gasteiger partial charge on any atom is -0.399 e. The second kappa shape index (κ2) is 8.99. The van der Waals surface area contributed by atoms with E-state index in [1.165, 1.54) is 35.1 Å². The molecule has 3 heteroatoms. The van der Waals surface area contributed by atoms with Crippen LogP contribution < -0.4 is 5.46 Å². The summed E-state index contributed by atoms with van der Waals surface area (Å²) < 4.78 is 12.4. The summed E-state index contributed by atoms with van der Waals surface area (Å²) in [7, 11) is -0.337. The van der Waals surface area contributed by atoms with Crippen molar-refractivity contribution in [3.05, 3.63) is 70.8 Å². The van der Waals surface area contributed by atoms with Gasteiger partial charge in [-0.15, -0.1) is 0 Å². The van der Waals surface area contributed by atoms with Crippen LogP contribution in [0.15, 0.2) is 43.0 Å². The Morgan fingerprint density at radius 3 is 1.68 bits per heavy atom. The lowest BCUT2D eigenvalue weighted by Crippen LogP contribution is -2.41. The normalized spacial score (nSPS) is 21.3. The van der Waals surface area contributed by atoms with Gasteiger partial charge in [-0.1, -0.05) is 84.5 Å². The molecule has 0 aromatic heterocycles. The first-order chi connectivity index (χ1) is 15.6. The Kier molecular flexibility index (Phi) is 7.08. The van der Waals surface area contributed by atoms with E-state index in [0.29, 0.717) is 0 Å². The molecule has 34 heavy (non-hydrogen) atoms. The first kappa shape index (κ1) is 26.8. The van der Waals surface area contributed by atoms with Crippen LogP contribution in [-0.2, 0) is 20.1 Å². The lowest BCUT2D eigenvalue weighted by atomic mass is 9.62. The molecule has 0 saturated carbocycles. The van der Waals surface area contributed by atoms with Crippen molar-refractivity contribution in [3.8, 4) is 0 Å². The van der Waals surface area contributed by atoms with Gasteiger partial charge >= 0.3 is 7.12 Å². The Morgan fingerprint density at radius 1 is 0.765 bits per heavy atom. The first-order valence-electron chi connectivity index (χ1n) is 13.0. The maximum absolute atomic E-state index is 6.21. The number of hydrogen-bond acceptors (Lipinski definition) is 2. The molecular weight excluding hydrogens is 415 g/mol. The third kappa shape index (κ3) is 4.66. The number of hydrogen-bond donors (Lipinski definition) is 0. The van der Waals surface area contributed by atoms with Crippen LogP contribution in [0, 0.1) is 6.92 Å². The van der Waals surface area contributed by atoms with Gasteiger partial charge in [-0.05, 0) is 97.1 Å². The van der Waals surface area contributed by atoms with Gasteiger partial charge in [0.2, 0.25) is 0 Å². The number of fused-ring (bicyclic) bond motifs is 1. The Hall–Kier alpha value is -1.84. The zero-order valence-corrected chi connectivity index (χ0v) is 23.5. The molecule has 1 aliphatic heterocycles. The van der Waals surface area contributed by atoms with Crippen molar-refractivity contribution in [1.29, 1.82) is 0 Å². The van der Waals surface area contributed by atoms with E-state index in [2.05, 4.69) is 105 Å². The van der Waals surface area contributed by atoms with E-state index >= 15 is 0 Å². The van der Waals surface area contributed by atoms with Crippen LogP contribution in [0.25, 0.3) is 5.57 Å². The van der Waals surface area contributed by atoms with Crippen molar-refractivity contribution in [2.45, 2.75) is 111 Å². The van der Waals surface area contributed by atoms with Crippen molar-refractivity contribution in [1.82, 2.24) is 0 Å². The predicted octanol–water partition coefficient (Wildman–Crippen LogP) is 7.73. The molecule has 2 aromatic carbocycles. The molecule has 2 nitrogen and oxygen atoms in total. The van der Waals surface area contributed by atoms with Crippen molar-refractivity contribution in [2.24, 2.45) is 0 Å². The number of benzene rings is 2. The molecule has 0 bridgehead atoms. The summed E-state index contributed by atoms with van der Waals surface area (Å²) in [6, 6.07) is 13.4. The summed E-state index contributed by atoms with van der Waals surface area (Å²) in [4.78, 5) is 0. The maximum Gasteiger partial charge on any atom is 0.494 e. The van der Waals surface area contributed by atoms with Gasteiger partial charge < -0.3 is 9.31 Å². The molecular formula is C31H45BO2. The van der Waals surface area contributed by atoms with Crippen LogP contribution in [0.4, 0.5) is 0 Å². The van der Waals surface area contributed by atoms with Gasteiger partial charge in [-0.25, -0.2) is 0 Å². The highest BCUT2D eigenvalue weighted by Crippen LogP contribution is 2.47. The zero-order valence-electron chi connectivity index (χ0n) is 23.5. The van der Waals surface area contributed by atoms with Crippen molar-refractivity contribution in [3.63, 3.8) is 0 Å². The van der Waals surface area contributed by atoms with Gasteiger partial charge in [0, 0.05) is 0 Å². The molecule has 4 rings (SSSR count). The van der Waals surface area contributed by atoms with Crippen LogP contribution in [0.5, 0.6) is 0 Å². The zero-order chi connectivity index (χ0) is 25.7. The van der Waals surface area contributed by atoms with E-state index in [0.717, 1.165) is 16.6 Å². The van der Waals surface area contributed by atoms with Gasteiger partial charge in [-0.3, -0.25) is 0 Å². The first-order valence-corrected chi connectivity index (χ1v) is 13.0. The summed E-state index contributed by atoms with van der Waals surface area (Å²) in [6.45, 7) is 28.6.